The molecule has 0 saturated carbocycles. The zero-order valence-electron chi connectivity index (χ0n) is 15.9. The van der Waals surface area contributed by atoms with Crippen LogP contribution in [0.2, 0.25) is 0 Å². The summed E-state index contributed by atoms with van der Waals surface area (Å²) in [5.74, 6) is 0.260. The van der Waals surface area contributed by atoms with Crippen molar-refractivity contribution in [2.75, 3.05) is 50.8 Å². The molecule has 2 saturated heterocycles. The van der Waals surface area contributed by atoms with E-state index in [2.05, 4.69) is 34.9 Å². The van der Waals surface area contributed by atoms with Gasteiger partial charge in [0, 0.05) is 37.4 Å². The van der Waals surface area contributed by atoms with Crippen LogP contribution in [0.4, 0.5) is 5.69 Å². The molecule has 5 nitrogen and oxygen atoms in total. The van der Waals surface area contributed by atoms with Crippen molar-refractivity contribution in [1.82, 2.24) is 9.80 Å². The van der Waals surface area contributed by atoms with Crippen LogP contribution in [0.1, 0.15) is 31.7 Å². The topological polar surface area (TPSA) is 36.0 Å². The van der Waals surface area contributed by atoms with Crippen molar-refractivity contribution in [3.8, 4) is 0 Å². The summed E-state index contributed by atoms with van der Waals surface area (Å²) >= 11 is 0. The summed E-state index contributed by atoms with van der Waals surface area (Å²) in [6.45, 7) is 8.56. The third kappa shape index (κ3) is 3.80. The van der Waals surface area contributed by atoms with Crippen LogP contribution in [-0.4, -0.2) is 73.7 Å². The average molecular weight is 357 g/mol. The fraction of sp³-hybridized carbons (Fsp3) is 0.667. The van der Waals surface area contributed by atoms with Crippen molar-refractivity contribution in [2.24, 2.45) is 0 Å². The van der Waals surface area contributed by atoms with Crippen molar-refractivity contribution >= 4 is 11.6 Å². The van der Waals surface area contributed by atoms with E-state index in [0.29, 0.717) is 12.6 Å². The maximum atomic E-state index is 13.2. The standard InChI is InChI=1S/C21H31N3O2/c1-17-14-18-6-2-3-8-20(18)24(17)21(25)16-23-9-5-4-7-19(23)15-22-10-12-26-13-11-22/h2-3,6,8,17,19H,4-5,7,9-16H2,1H3. The molecule has 1 aromatic carbocycles. The molecule has 0 bridgehead atoms. The number of ether oxygens (including phenoxy) is 1. The maximum absolute atomic E-state index is 13.2. The van der Waals surface area contributed by atoms with Gasteiger partial charge in [-0.3, -0.25) is 14.6 Å². The Bertz CT molecular complexity index is 629. The summed E-state index contributed by atoms with van der Waals surface area (Å²) in [4.78, 5) is 20.2. The largest absolute Gasteiger partial charge is 0.379 e. The van der Waals surface area contributed by atoms with E-state index in [1.807, 2.05) is 11.0 Å². The Balaban J connectivity index is 1.42. The van der Waals surface area contributed by atoms with E-state index in [1.165, 1.54) is 24.8 Å². The monoisotopic (exact) mass is 357 g/mol. The summed E-state index contributed by atoms with van der Waals surface area (Å²) in [5.41, 5.74) is 2.42. The molecule has 5 heteroatoms. The van der Waals surface area contributed by atoms with Crippen LogP contribution < -0.4 is 4.90 Å². The van der Waals surface area contributed by atoms with E-state index >= 15 is 0 Å². The smallest absolute Gasteiger partial charge is 0.241 e. The lowest BCUT2D eigenvalue weighted by molar-refractivity contribution is -0.121. The molecule has 2 fully saturated rings. The quantitative estimate of drug-likeness (QED) is 0.827. The van der Waals surface area contributed by atoms with Crippen LogP contribution >= 0.6 is 0 Å². The second kappa shape index (κ2) is 8.07. The molecule has 0 spiro atoms. The number of benzene rings is 1. The highest BCUT2D eigenvalue weighted by Crippen LogP contribution is 2.32. The summed E-state index contributed by atoms with van der Waals surface area (Å²) in [7, 11) is 0. The van der Waals surface area contributed by atoms with Gasteiger partial charge in [0.15, 0.2) is 0 Å². The van der Waals surface area contributed by atoms with Crippen LogP contribution in [0.5, 0.6) is 0 Å². The molecule has 0 aliphatic carbocycles. The average Bonchev–Trinajstić information content (AvgIpc) is 3.00. The van der Waals surface area contributed by atoms with Crippen LogP contribution in [0, 0.1) is 0 Å². The lowest BCUT2D eigenvalue weighted by Gasteiger charge is -2.40. The van der Waals surface area contributed by atoms with E-state index < -0.39 is 0 Å². The van der Waals surface area contributed by atoms with Gasteiger partial charge in [0.2, 0.25) is 5.91 Å². The Hall–Kier alpha value is -1.43. The number of likely N-dealkylation sites (tertiary alicyclic amines) is 1. The Morgan fingerprint density at radius 2 is 1.96 bits per heavy atom. The van der Waals surface area contributed by atoms with Gasteiger partial charge in [-0.05, 0) is 44.4 Å². The van der Waals surface area contributed by atoms with Crippen LogP contribution in [0.15, 0.2) is 24.3 Å². The van der Waals surface area contributed by atoms with Crippen molar-refractivity contribution in [2.45, 2.75) is 44.7 Å². The van der Waals surface area contributed by atoms with Gasteiger partial charge in [0.05, 0.1) is 19.8 Å². The number of carbonyl (C=O) groups excluding carboxylic acids is 1. The molecule has 1 amide bonds. The first-order valence-electron chi connectivity index (χ1n) is 10.2. The molecule has 3 aliphatic rings. The fourth-order valence-corrected chi connectivity index (χ4v) is 4.75. The van der Waals surface area contributed by atoms with Crippen molar-refractivity contribution in [1.29, 1.82) is 0 Å². The molecular weight excluding hydrogens is 326 g/mol. The highest BCUT2D eigenvalue weighted by molar-refractivity contribution is 5.97. The summed E-state index contributed by atoms with van der Waals surface area (Å²) in [6, 6.07) is 9.13. The number of hydrogen-bond acceptors (Lipinski definition) is 4. The third-order valence-electron chi connectivity index (χ3n) is 6.14. The Morgan fingerprint density at radius 1 is 1.15 bits per heavy atom. The fourth-order valence-electron chi connectivity index (χ4n) is 4.75. The van der Waals surface area contributed by atoms with Crippen molar-refractivity contribution in [3.63, 3.8) is 0 Å². The molecular formula is C21H31N3O2. The normalized spacial score (nSPS) is 27.5. The molecule has 1 aromatic rings. The van der Waals surface area contributed by atoms with Gasteiger partial charge >= 0.3 is 0 Å². The number of rotatable bonds is 4. The summed E-state index contributed by atoms with van der Waals surface area (Å²) in [5, 5.41) is 0. The lowest BCUT2D eigenvalue weighted by atomic mass is 10.0. The number of piperidine rings is 1. The first-order valence-corrected chi connectivity index (χ1v) is 10.2. The molecule has 2 atom stereocenters. The number of morpholine rings is 1. The minimum atomic E-state index is 0.260. The minimum absolute atomic E-state index is 0.260. The van der Waals surface area contributed by atoms with Gasteiger partial charge in [-0.2, -0.15) is 0 Å². The number of fused-ring (bicyclic) bond motifs is 1. The van der Waals surface area contributed by atoms with E-state index in [0.717, 1.165) is 51.5 Å². The van der Waals surface area contributed by atoms with Crippen molar-refractivity contribution < 1.29 is 9.53 Å². The molecule has 4 rings (SSSR count). The number of amides is 1. The molecule has 3 aliphatic heterocycles. The predicted molar refractivity (Wildman–Crippen MR) is 104 cm³/mol. The van der Waals surface area contributed by atoms with Gasteiger partial charge in [-0.15, -0.1) is 0 Å². The number of anilines is 1. The predicted octanol–water partition coefficient (Wildman–Crippen LogP) is 2.15. The van der Waals surface area contributed by atoms with E-state index in [4.69, 9.17) is 4.74 Å². The highest BCUT2D eigenvalue weighted by Gasteiger charge is 2.33. The summed E-state index contributed by atoms with van der Waals surface area (Å²) < 4.78 is 5.48. The number of para-hydroxylation sites is 1. The number of hydrogen-bond donors (Lipinski definition) is 0. The second-order valence-electron chi connectivity index (χ2n) is 7.98. The van der Waals surface area contributed by atoms with E-state index in [9.17, 15) is 4.79 Å². The highest BCUT2D eigenvalue weighted by atomic mass is 16.5. The zero-order valence-corrected chi connectivity index (χ0v) is 15.9. The molecule has 142 valence electrons. The minimum Gasteiger partial charge on any atom is -0.379 e. The van der Waals surface area contributed by atoms with Gasteiger partial charge < -0.3 is 9.64 Å². The Morgan fingerprint density at radius 3 is 2.81 bits per heavy atom. The third-order valence-corrected chi connectivity index (χ3v) is 6.14. The van der Waals surface area contributed by atoms with Crippen LogP contribution in [0.25, 0.3) is 0 Å². The van der Waals surface area contributed by atoms with E-state index in [-0.39, 0.29) is 11.9 Å². The molecule has 3 heterocycles. The van der Waals surface area contributed by atoms with Gasteiger partial charge in [-0.1, -0.05) is 24.6 Å². The first kappa shape index (κ1) is 18.0. The number of nitrogens with zero attached hydrogens (tertiary/aromatic N) is 3. The zero-order chi connectivity index (χ0) is 17.9. The lowest BCUT2D eigenvalue weighted by Crippen LogP contribution is -2.53. The molecule has 0 N–H and O–H groups in total. The molecule has 2 unspecified atom stereocenters. The molecule has 26 heavy (non-hydrogen) atoms. The van der Waals surface area contributed by atoms with Gasteiger partial charge in [0.25, 0.3) is 0 Å². The maximum Gasteiger partial charge on any atom is 0.241 e. The number of carbonyl (C=O) groups is 1. The summed E-state index contributed by atoms with van der Waals surface area (Å²) in [6.07, 6.45) is 4.66. The van der Waals surface area contributed by atoms with Gasteiger partial charge in [0.1, 0.15) is 0 Å². The van der Waals surface area contributed by atoms with E-state index in [1.54, 1.807) is 0 Å². The van der Waals surface area contributed by atoms with Crippen molar-refractivity contribution in [3.05, 3.63) is 29.8 Å². The van der Waals surface area contributed by atoms with Crippen LogP contribution in [-0.2, 0) is 16.0 Å². The van der Waals surface area contributed by atoms with Gasteiger partial charge in [-0.25, -0.2) is 0 Å². The Labute approximate surface area is 156 Å². The SMILES string of the molecule is CC1Cc2ccccc2N1C(=O)CN1CCCCC1CN1CCOCC1. The molecule has 0 aromatic heterocycles. The Kier molecular flexibility index (Phi) is 5.57. The van der Waals surface area contributed by atoms with Crippen LogP contribution in [0.3, 0.4) is 0 Å². The molecule has 0 radical (unpaired) electrons. The second-order valence-corrected chi connectivity index (χ2v) is 7.98. The first-order chi connectivity index (χ1) is 12.7.